The molecule has 0 heterocycles. The molecule has 9 nitrogen and oxygen atoms in total. The van der Waals surface area contributed by atoms with Crippen LogP contribution in [-0.2, 0) is 30.3 Å². The van der Waals surface area contributed by atoms with Gasteiger partial charge in [0.1, 0.15) is 17.6 Å². The van der Waals surface area contributed by atoms with Gasteiger partial charge in [-0.05, 0) is 49.8 Å². The number of rotatable bonds is 27. The van der Waals surface area contributed by atoms with E-state index in [1.165, 1.54) is 12.5 Å². The number of Topliss-reactive ketones (excluding diaryl/α,β-unsaturated/α-hetero) is 1. The zero-order valence-electron chi connectivity index (χ0n) is 28.3. The first kappa shape index (κ1) is 41.7. The van der Waals surface area contributed by atoms with E-state index in [9.17, 15) is 38.2 Å². The third kappa shape index (κ3) is 16.9. The maximum atomic E-state index is 13.4. The van der Waals surface area contributed by atoms with E-state index in [1.807, 2.05) is 6.92 Å². The smallest absolute Gasteiger partial charge is 0.337 e. The highest BCUT2D eigenvalue weighted by Crippen LogP contribution is 2.28. The van der Waals surface area contributed by atoms with Crippen LogP contribution in [0.3, 0.4) is 0 Å². The topological polar surface area (TPSA) is 139 Å². The van der Waals surface area contributed by atoms with Crippen LogP contribution in [0.25, 0.3) is 0 Å². The quantitative estimate of drug-likeness (QED) is 0.0519. The molecule has 3 atom stereocenters. The minimum Gasteiger partial charge on any atom is -0.494 e. The lowest BCUT2D eigenvalue weighted by atomic mass is 9.82. The van der Waals surface area contributed by atoms with Crippen molar-refractivity contribution in [3.05, 3.63) is 42.0 Å². The number of carbonyl (C=O) groups is 4. The fourth-order valence-corrected chi connectivity index (χ4v) is 5.16. The van der Waals surface area contributed by atoms with Crippen LogP contribution in [0.15, 0.2) is 36.4 Å². The highest BCUT2D eigenvalue weighted by atomic mass is 19.3. The Labute approximate surface area is 278 Å². The van der Waals surface area contributed by atoms with Gasteiger partial charge in [0.15, 0.2) is 5.60 Å². The van der Waals surface area contributed by atoms with E-state index in [2.05, 4.69) is 12.2 Å². The summed E-state index contributed by atoms with van der Waals surface area (Å²) in [5, 5.41) is 23.0. The summed E-state index contributed by atoms with van der Waals surface area (Å²) >= 11 is 0. The standard InChI is InChI=1S/C36H55F2NO8/c1-4-6-8-11-14-17-28(40)18-15-12-9-10-13-16-19-30(36(45,35(43)44)26-32(37)38)33(41)39-31(34(42)46-3)25-27-20-22-29(23-21-27)47-24-7-5-2/h16,19-23,30-32,45H,4-15,17-18,24-26H2,1-3H3,(H,39,41)(H,43,44)/b19-16+/t30-,31+,36+/m1/s1. The first-order chi connectivity index (χ1) is 22.5. The SMILES string of the molecule is CCCCCCCC(=O)CCCCCC/C=C/[C@H](C(=O)N[C@@H](Cc1ccc(OCCCC)cc1)C(=O)OC)[C@@](O)(CC(F)F)C(=O)O. The number of carbonyl (C=O) groups excluding carboxylic acids is 3. The normalized spacial score (nSPS) is 14.0. The molecule has 11 heteroatoms. The highest BCUT2D eigenvalue weighted by molar-refractivity contribution is 5.92. The number of nitrogens with one attached hydrogen (secondary N) is 1. The summed E-state index contributed by atoms with van der Waals surface area (Å²) in [5.74, 6) is -4.93. The number of amides is 1. The van der Waals surface area contributed by atoms with Gasteiger partial charge < -0.3 is 25.0 Å². The van der Waals surface area contributed by atoms with E-state index in [0.29, 0.717) is 43.6 Å². The molecule has 1 rings (SSSR count). The van der Waals surface area contributed by atoms with Gasteiger partial charge >= 0.3 is 11.9 Å². The van der Waals surface area contributed by atoms with Crippen molar-refractivity contribution < 1.29 is 47.6 Å². The molecule has 0 spiro atoms. The van der Waals surface area contributed by atoms with Gasteiger partial charge in [-0.2, -0.15) is 0 Å². The molecule has 1 aromatic rings. The summed E-state index contributed by atoms with van der Waals surface area (Å²) in [5.41, 5.74) is -2.49. The second kappa shape index (κ2) is 23.9. The Hall–Kier alpha value is -3.34. The van der Waals surface area contributed by atoms with Gasteiger partial charge in [0.2, 0.25) is 12.3 Å². The first-order valence-corrected chi connectivity index (χ1v) is 17.0. The average molecular weight is 668 g/mol. The Morgan fingerprint density at radius 3 is 2.04 bits per heavy atom. The van der Waals surface area contributed by atoms with E-state index in [1.54, 1.807) is 24.3 Å². The minimum absolute atomic E-state index is 0.0359. The number of ether oxygens (including phenoxy) is 2. The summed E-state index contributed by atoms with van der Waals surface area (Å²) in [6.45, 7) is 4.75. The van der Waals surface area contributed by atoms with Gasteiger partial charge in [-0.25, -0.2) is 18.4 Å². The summed E-state index contributed by atoms with van der Waals surface area (Å²) < 4.78 is 37.3. The van der Waals surface area contributed by atoms with Crippen molar-refractivity contribution in [2.75, 3.05) is 13.7 Å². The molecule has 0 aliphatic rings. The number of hydrogen-bond donors (Lipinski definition) is 3. The lowest BCUT2D eigenvalue weighted by molar-refractivity contribution is -0.171. The van der Waals surface area contributed by atoms with Gasteiger partial charge in [-0.1, -0.05) is 83.1 Å². The van der Waals surface area contributed by atoms with Crippen LogP contribution >= 0.6 is 0 Å². The predicted molar refractivity (Wildman–Crippen MR) is 176 cm³/mol. The Morgan fingerprint density at radius 2 is 1.49 bits per heavy atom. The minimum atomic E-state index is -3.21. The number of aliphatic carboxylic acids is 1. The number of allylic oxidation sites excluding steroid dienone is 1. The number of methoxy groups -OCH3 is 1. The van der Waals surface area contributed by atoms with Crippen molar-refractivity contribution >= 4 is 23.6 Å². The molecular formula is C36H55F2NO8. The largest absolute Gasteiger partial charge is 0.494 e. The van der Waals surface area contributed by atoms with Crippen LogP contribution in [-0.4, -0.2) is 65.6 Å². The average Bonchev–Trinajstić information content (AvgIpc) is 3.03. The van der Waals surface area contributed by atoms with Crippen molar-refractivity contribution in [3.8, 4) is 5.75 Å². The number of unbranched alkanes of at least 4 members (excludes halogenated alkanes) is 9. The van der Waals surface area contributed by atoms with Gasteiger partial charge in [0, 0.05) is 25.7 Å². The highest BCUT2D eigenvalue weighted by Gasteiger charge is 2.49. The van der Waals surface area contributed by atoms with Crippen LogP contribution < -0.4 is 10.1 Å². The third-order valence-electron chi connectivity index (χ3n) is 8.03. The summed E-state index contributed by atoms with van der Waals surface area (Å²) in [6.07, 6.45) is 9.78. The molecule has 266 valence electrons. The number of benzene rings is 1. The fourth-order valence-electron chi connectivity index (χ4n) is 5.16. The number of carboxylic acid groups (broad SMARTS) is 1. The summed E-state index contributed by atoms with van der Waals surface area (Å²) in [7, 11) is 1.12. The number of carboxylic acids is 1. The van der Waals surface area contributed by atoms with Crippen LogP contribution in [0.4, 0.5) is 8.78 Å². The first-order valence-electron chi connectivity index (χ1n) is 17.0. The zero-order valence-corrected chi connectivity index (χ0v) is 28.3. The lowest BCUT2D eigenvalue weighted by Crippen LogP contribution is -2.55. The van der Waals surface area contributed by atoms with E-state index in [4.69, 9.17) is 9.47 Å². The second-order valence-corrected chi connectivity index (χ2v) is 12.0. The Kier molecular flexibility index (Phi) is 21.2. The number of halogens is 2. The molecule has 0 radical (unpaired) electrons. The molecule has 0 aromatic heterocycles. The van der Waals surface area contributed by atoms with Crippen LogP contribution in [0.2, 0.25) is 0 Å². The Bertz CT molecular complexity index is 1090. The van der Waals surface area contributed by atoms with E-state index >= 15 is 0 Å². The molecule has 3 N–H and O–H groups in total. The molecule has 0 unspecified atom stereocenters. The maximum Gasteiger partial charge on any atom is 0.337 e. The van der Waals surface area contributed by atoms with E-state index in [-0.39, 0.29) is 12.2 Å². The molecule has 0 saturated carbocycles. The van der Waals surface area contributed by atoms with Crippen LogP contribution in [0.5, 0.6) is 5.75 Å². The molecule has 0 bridgehead atoms. The summed E-state index contributed by atoms with van der Waals surface area (Å²) in [6, 6.07) is 5.56. The number of hydrogen-bond acceptors (Lipinski definition) is 7. The molecule has 0 aliphatic carbocycles. The predicted octanol–water partition coefficient (Wildman–Crippen LogP) is 6.98. The van der Waals surface area contributed by atoms with E-state index < -0.39 is 48.3 Å². The van der Waals surface area contributed by atoms with Crippen LogP contribution in [0, 0.1) is 5.92 Å². The number of ketones is 1. The van der Waals surface area contributed by atoms with Crippen LogP contribution in [0.1, 0.15) is 116 Å². The molecule has 0 saturated heterocycles. The monoisotopic (exact) mass is 667 g/mol. The Balaban J connectivity index is 2.87. The van der Waals surface area contributed by atoms with Crippen molar-refractivity contribution in [2.45, 2.75) is 135 Å². The zero-order chi connectivity index (χ0) is 35.1. The molecule has 1 aromatic carbocycles. The number of alkyl halides is 2. The number of esters is 1. The van der Waals surface area contributed by atoms with Crippen molar-refractivity contribution in [3.63, 3.8) is 0 Å². The third-order valence-corrected chi connectivity index (χ3v) is 8.03. The molecule has 1 amide bonds. The van der Waals surface area contributed by atoms with Crippen molar-refractivity contribution in [1.82, 2.24) is 5.32 Å². The molecule has 47 heavy (non-hydrogen) atoms. The molecule has 0 aliphatic heterocycles. The van der Waals surface area contributed by atoms with Gasteiger partial charge in [-0.3, -0.25) is 9.59 Å². The Morgan fingerprint density at radius 1 is 0.894 bits per heavy atom. The van der Waals surface area contributed by atoms with Crippen molar-refractivity contribution in [1.29, 1.82) is 0 Å². The van der Waals surface area contributed by atoms with Gasteiger partial charge in [-0.15, -0.1) is 0 Å². The lowest BCUT2D eigenvalue weighted by Gasteiger charge is -2.30. The number of aliphatic hydroxyl groups is 1. The van der Waals surface area contributed by atoms with E-state index in [0.717, 1.165) is 71.0 Å². The second-order valence-electron chi connectivity index (χ2n) is 12.0. The van der Waals surface area contributed by atoms with Gasteiger partial charge in [0.05, 0.1) is 19.6 Å². The van der Waals surface area contributed by atoms with Crippen molar-refractivity contribution in [2.24, 2.45) is 5.92 Å². The summed E-state index contributed by atoms with van der Waals surface area (Å²) in [4.78, 5) is 50.1. The molecular weight excluding hydrogens is 612 g/mol. The molecule has 0 fully saturated rings. The van der Waals surface area contributed by atoms with Gasteiger partial charge in [0.25, 0.3) is 0 Å². The fraction of sp³-hybridized carbons (Fsp3) is 0.667. The maximum absolute atomic E-state index is 13.4.